The van der Waals surface area contributed by atoms with E-state index < -0.39 is 47.9 Å². The first-order valence-corrected chi connectivity index (χ1v) is 12.5. The van der Waals surface area contributed by atoms with Crippen LogP contribution < -0.4 is 22.1 Å². The Kier molecular flexibility index (Phi) is 12.2. The summed E-state index contributed by atoms with van der Waals surface area (Å²) in [7, 11) is 0. The van der Waals surface area contributed by atoms with Crippen LogP contribution in [0.15, 0.2) is 0 Å². The average Bonchev–Trinajstić information content (AvgIpc) is 3.22. The number of nitrogens with one attached hydrogen (secondary N) is 2. The molecular formula is C21H37N5O6S. The number of carboxylic acid groups (broad SMARTS) is 1. The molecule has 33 heavy (non-hydrogen) atoms. The SMILES string of the molecule is CSCCC(NC(=O)C(CCC(N)=O)NC(=O)C1CCCN1C(=O)C(N)CC(C)C)C(=O)O. The van der Waals surface area contributed by atoms with Gasteiger partial charge in [-0.1, -0.05) is 13.8 Å². The Labute approximate surface area is 198 Å². The molecule has 1 saturated heterocycles. The van der Waals surface area contributed by atoms with Gasteiger partial charge < -0.3 is 32.1 Å². The van der Waals surface area contributed by atoms with Crippen LogP contribution >= 0.6 is 11.8 Å². The predicted molar refractivity (Wildman–Crippen MR) is 125 cm³/mol. The van der Waals surface area contributed by atoms with E-state index in [1.807, 2.05) is 20.1 Å². The zero-order chi connectivity index (χ0) is 25.1. The van der Waals surface area contributed by atoms with Crippen molar-refractivity contribution < 1.29 is 29.1 Å². The molecule has 0 radical (unpaired) electrons. The van der Waals surface area contributed by atoms with Gasteiger partial charge in [-0.3, -0.25) is 19.2 Å². The molecule has 1 aliphatic rings. The van der Waals surface area contributed by atoms with Crippen LogP contribution in [0.5, 0.6) is 0 Å². The summed E-state index contributed by atoms with van der Waals surface area (Å²) in [6.07, 6.45) is 3.28. The highest BCUT2D eigenvalue weighted by atomic mass is 32.2. The third kappa shape index (κ3) is 9.58. The fourth-order valence-corrected chi connectivity index (χ4v) is 4.18. The minimum Gasteiger partial charge on any atom is -0.480 e. The lowest BCUT2D eigenvalue weighted by molar-refractivity contribution is -0.143. The number of carbonyl (C=O) groups excluding carboxylic acids is 4. The molecule has 12 heteroatoms. The first kappa shape index (κ1) is 28.7. The zero-order valence-electron chi connectivity index (χ0n) is 19.5. The molecule has 0 aromatic rings. The lowest BCUT2D eigenvalue weighted by Gasteiger charge is -2.29. The number of hydrogen-bond donors (Lipinski definition) is 5. The number of thioether (sulfide) groups is 1. The Balaban J connectivity index is 2.92. The average molecular weight is 488 g/mol. The molecule has 0 bridgehead atoms. The van der Waals surface area contributed by atoms with Gasteiger partial charge in [-0.2, -0.15) is 11.8 Å². The third-order valence-corrected chi connectivity index (χ3v) is 6.06. The van der Waals surface area contributed by atoms with Crippen molar-refractivity contribution in [3.05, 3.63) is 0 Å². The molecule has 4 unspecified atom stereocenters. The first-order chi connectivity index (χ1) is 15.5. The van der Waals surface area contributed by atoms with Gasteiger partial charge in [-0.25, -0.2) is 4.79 Å². The standard InChI is InChI=1S/C21H37N5O6S/c1-12(2)11-13(22)20(30)26-9-4-5-16(26)19(29)24-14(6-7-17(23)27)18(28)25-15(21(31)32)8-10-33-3/h12-16H,4-11,22H2,1-3H3,(H2,23,27)(H,24,29)(H,25,28)(H,31,32). The highest BCUT2D eigenvalue weighted by Crippen LogP contribution is 2.20. The Morgan fingerprint density at radius 3 is 2.33 bits per heavy atom. The van der Waals surface area contributed by atoms with E-state index >= 15 is 0 Å². The monoisotopic (exact) mass is 487 g/mol. The van der Waals surface area contributed by atoms with Crippen LogP contribution in [0.3, 0.4) is 0 Å². The molecule has 1 rings (SSSR count). The van der Waals surface area contributed by atoms with Gasteiger partial charge in [0.1, 0.15) is 18.1 Å². The van der Waals surface area contributed by atoms with E-state index in [4.69, 9.17) is 11.5 Å². The van der Waals surface area contributed by atoms with E-state index in [-0.39, 0.29) is 31.1 Å². The van der Waals surface area contributed by atoms with Crippen LogP contribution in [-0.2, 0) is 24.0 Å². The summed E-state index contributed by atoms with van der Waals surface area (Å²) in [5, 5.41) is 14.4. The molecule has 1 fully saturated rings. The molecule has 1 heterocycles. The number of rotatable bonds is 14. The first-order valence-electron chi connectivity index (χ1n) is 11.1. The number of primary amides is 1. The Morgan fingerprint density at radius 1 is 1.12 bits per heavy atom. The third-order valence-electron chi connectivity index (χ3n) is 5.42. The zero-order valence-corrected chi connectivity index (χ0v) is 20.4. The Morgan fingerprint density at radius 2 is 1.79 bits per heavy atom. The normalized spacial score (nSPS) is 18.5. The summed E-state index contributed by atoms with van der Waals surface area (Å²) in [4.78, 5) is 62.7. The minimum absolute atomic E-state index is 0.0880. The van der Waals surface area contributed by atoms with Crippen molar-refractivity contribution in [1.82, 2.24) is 15.5 Å². The highest BCUT2D eigenvalue weighted by molar-refractivity contribution is 7.98. The van der Waals surface area contributed by atoms with Crippen molar-refractivity contribution in [2.24, 2.45) is 17.4 Å². The largest absolute Gasteiger partial charge is 0.480 e. The fraction of sp³-hybridized carbons (Fsp3) is 0.762. The van der Waals surface area contributed by atoms with E-state index in [9.17, 15) is 29.1 Å². The van der Waals surface area contributed by atoms with Crippen molar-refractivity contribution in [1.29, 1.82) is 0 Å². The molecule has 188 valence electrons. The Hall–Kier alpha value is -2.34. The molecule has 0 aromatic carbocycles. The number of amides is 4. The maximum absolute atomic E-state index is 13.0. The van der Waals surface area contributed by atoms with Crippen molar-refractivity contribution in [3.8, 4) is 0 Å². The van der Waals surface area contributed by atoms with Crippen LogP contribution in [0.2, 0.25) is 0 Å². The molecule has 1 aliphatic heterocycles. The molecule has 0 aliphatic carbocycles. The molecule has 0 aromatic heterocycles. The predicted octanol–water partition coefficient (Wildman–Crippen LogP) is -0.576. The number of nitrogens with zero attached hydrogens (tertiary/aromatic N) is 1. The van der Waals surface area contributed by atoms with Gasteiger partial charge in [0.05, 0.1) is 6.04 Å². The highest BCUT2D eigenvalue weighted by Gasteiger charge is 2.38. The van der Waals surface area contributed by atoms with Gasteiger partial charge in [0.2, 0.25) is 23.6 Å². The van der Waals surface area contributed by atoms with Crippen LogP contribution in [0, 0.1) is 5.92 Å². The number of nitrogens with two attached hydrogens (primary N) is 2. The van der Waals surface area contributed by atoms with Gasteiger partial charge in [0, 0.05) is 13.0 Å². The second kappa shape index (κ2) is 14.0. The summed E-state index contributed by atoms with van der Waals surface area (Å²) >= 11 is 1.44. The lowest BCUT2D eigenvalue weighted by Crippen LogP contribution is -2.56. The number of carbonyl (C=O) groups is 5. The smallest absolute Gasteiger partial charge is 0.326 e. The maximum atomic E-state index is 13.0. The fourth-order valence-electron chi connectivity index (χ4n) is 3.71. The number of likely N-dealkylation sites (tertiary alicyclic amines) is 1. The van der Waals surface area contributed by atoms with Crippen molar-refractivity contribution in [2.45, 2.75) is 76.5 Å². The van der Waals surface area contributed by atoms with E-state index in [2.05, 4.69) is 10.6 Å². The van der Waals surface area contributed by atoms with E-state index in [0.717, 1.165) is 0 Å². The van der Waals surface area contributed by atoms with Crippen molar-refractivity contribution in [3.63, 3.8) is 0 Å². The molecule has 4 atom stereocenters. The van der Waals surface area contributed by atoms with Crippen LogP contribution in [0.25, 0.3) is 0 Å². The van der Waals surface area contributed by atoms with Crippen molar-refractivity contribution >= 4 is 41.4 Å². The quantitative estimate of drug-likeness (QED) is 0.215. The molecule has 0 saturated carbocycles. The number of aliphatic carboxylic acids is 1. The second-order valence-corrected chi connectivity index (χ2v) is 9.66. The summed E-state index contributed by atoms with van der Waals surface area (Å²) in [6.45, 7) is 4.29. The van der Waals surface area contributed by atoms with Crippen LogP contribution in [0.1, 0.15) is 52.4 Å². The number of hydrogen-bond acceptors (Lipinski definition) is 7. The van der Waals surface area contributed by atoms with Gasteiger partial charge in [0.15, 0.2) is 0 Å². The maximum Gasteiger partial charge on any atom is 0.326 e. The molecular weight excluding hydrogens is 450 g/mol. The van der Waals surface area contributed by atoms with Crippen LogP contribution in [0.4, 0.5) is 0 Å². The molecule has 4 amide bonds. The summed E-state index contributed by atoms with van der Waals surface area (Å²) < 4.78 is 0. The van der Waals surface area contributed by atoms with E-state index in [1.54, 1.807) is 0 Å². The van der Waals surface area contributed by atoms with Crippen molar-refractivity contribution in [2.75, 3.05) is 18.6 Å². The van der Waals surface area contributed by atoms with Gasteiger partial charge in [0.25, 0.3) is 0 Å². The van der Waals surface area contributed by atoms with E-state index in [1.165, 1.54) is 16.7 Å². The van der Waals surface area contributed by atoms with Crippen LogP contribution in [-0.4, -0.2) is 82.3 Å². The number of carboxylic acids is 1. The second-order valence-electron chi connectivity index (χ2n) is 8.67. The minimum atomic E-state index is -1.19. The summed E-state index contributed by atoms with van der Waals surface area (Å²) in [5.74, 6) is -2.69. The van der Waals surface area contributed by atoms with Gasteiger partial charge >= 0.3 is 5.97 Å². The lowest BCUT2D eigenvalue weighted by atomic mass is 10.0. The summed E-state index contributed by atoms with van der Waals surface area (Å²) in [5.41, 5.74) is 11.2. The van der Waals surface area contributed by atoms with Gasteiger partial charge in [-0.15, -0.1) is 0 Å². The topological polar surface area (TPSA) is 185 Å². The molecule has 7 N–H and O–H groups in total. The Bertz CT molecular complexity index is 719. The van der Waals surface area contributed by atoms with E-state index in [0.29, 0.717) is 31.6 Å². The molecule has 0 spiro atoms. The summed E-state index contributed by atoms with van der Waals surface area (Å²) in [6, 6.07) is -3.80. The molecule has 11 nitrogen and oxygen atoms in total. The van der Waals surface area contributed by atoms with Gasteiger partial charge in [-0.05, 0) is 50.0 Å².